The third kappa shape index (κ3) is 3.44. The van der Waals surface area contributed by atoms with Crippen LogP contribution in [0, 0.1) is 0 Å². The highest BCUT2D eigenvalue weighted by atomic mass is 35.5. The number of rotatable bonds is 3. The molecule has 1 aliphatic heterocycles. The maximum absolute atomic E-state index is 5.85. The van der Waals surface area contributed by atoms with Crippen LogP contribution in [0.1, 0.15) is 19.3 Å². The zero-order valence-corrected chi connectivity index (χ0v) is 10.7. The molecule has 0 aromatic carbocycles. The maximum Gasteiger partial charge on any atom is 0.223 e. The Balaban J connectivity index is 2.00. The van der Waals surface area contributed by atoms with Crippen LogP contribution in [0.5, 0.6) is 0 Å². The van der Waals surface area contributed by atoms with E-state index >= 15 is 0 Å². The molecule has 0 radical (unpaired) electrons. The van der Waals surface area contributed by atoms with Crippen LogP contribution in [0.15, 0.2) is 6.07 Å². The Kier molecular flexibility index (Phi) is 4.02. The second kappa shape index (κ2) is 5.51. The smallest absolute Gasteiger partial charge is 0.223 e. The van der Waals surface area contributed by atoms with Crippen molar-refractivity contribution in [3.8, 4) is 0 Å². The largest absolute Gasteiger partial charge is 0.376 e. The summed E-state index contributed by atoms with van der Waals surface area (Å²) in [7, 11) is 1.95. The number of hydrogen-bond donors (Lipinski definition) is 1. The molecule has 0 aliphatic carbocycles. The maximum atomic E-state index is 5.85. The molecule has 1 aromatic heterocycles. The van der Waals surface area contributed by atoms with Crippen molar-refractivity contribution in [2.45, 2.75) is 25.4 Å². The summed E-state index contributed by atoms with van der Waals surface area (Å²) in [6.07, 6.45) is 3.75. The van der Waals surface area contributed by atoms with E-state index in [9.17, 15) is 0 Å². The lowest BCUT2D eigenvalue weighted by atomic mass is 10.1. The van der Waals surface area contributed by atoms with Crippen LogP contribution < -0.4 is 10.6 Å². The minimum Gasteiger partial charge on any atom is -0.376 e. The van der Waals surface area contributed by atoms with E-state index < -0.39 is 0 Å². The molecular formula is C11H17ClN4O. The van der Waals surface area contributed by atoms with Crippen LogP contribution in [0.4, 0.5) is 11.8 Å². The zero-order valence-electron chi connectivity index (χ0n) is 9.90. The fourth-order valence-corrected chi connectivity index (χ4v) is 2.15. The molecule has 1 aromatic rings. The SMILES string of the molecule is CN(CC1CCCCO1)c1cc(Cl)nc(N)n1. The summed E-state index contributed by atoms with van der Waals surface area (Å²) in [6.45, 7) is 1.65. The Hall–Kier alpha value is -1.07. The first-order valence-electron chi connectivity index (χ1n) is 5.78. The monoisotopic (exact) mass is 256 g/mol. The van der Waals surface area contributed by atoms with Crippen LogP contribution >= 0.6 is 11.6 Å². The lowest BCUT2D eigenvalue weighted by Crippen LogP contribution is -2.33. The summed E-state index contributed by atoms with van der Waals surface area (Å²) in [6, 6.07) is 1.71. The summed E-state index contributed by atoms with van der Waals surface area (Å²) in [4.78, 5) is 9.99. The molecule has 0 saturated carbocycles. The number of ether oxygens (including phenoxy) is 1. The molecule has 0 spiro atoms. The molecule has 2 rings (SSSR count). The van der Waals surface area contributed by atoms with Gasteiger partial charge in [0.1, 0.15) is 11.0 Å². The molecule has 0 bridgehead atoms. The number of anilines is 2. The first kappa shape index (κ1) is 12.4. The van der Waals surface area contributed by atoms with Crippen molar-refractivity contribution in [1.82, 2.24) is 9.97 Å². The van der Waals surface area contributed by atoms with Gasteiger partial charge in [0, 0.05) is 26.3 Å². The van der Waals surface area contributed by atoms with Gasteiger partial charge in [0.2, 0.25) is 5.95 Å². The average molecular weight is 257 g/mol. The number of aromatic nitrogens is 2. The van der Waals surface area contributed by atoms with E-state index in [-0.39, 0.29) is 12.1 Å². The molecule has 1 saturated heterocycles. The van der Waals surface area contributed by atoms with Gasteiger partial charge in [-0.05, 0) is 19.3 Å². The number of nitrogens with two attached hydrogens (primary N) is 1. The van der Waals surface area contributed by atoms with Gasteiger partial charge < -0.3 is 15.4 Å². The summed E-state index contributed by atoms with van der Waals surface area (Å²) in [5, 5.41) is 0.365. The molecule has 17 heavy (non-hydrogen) atoms. The van der Waals surface area contributed by atoms with Crippen LogP contribution in [-0.4, -0.2) is 36.3 Å². The summed E-state index contributed by atoms with van der Waals surface area (Å²) in [5.74, 6) is 0.931. The number of hydrogen-bond acceptors (Lipinski definition) is 5. The zero-order chi connectivity index (χ0) is 12.3. The molecule has 5 nitrogen and oxygen atoms in total. The number of likely N-dealkylation sites (N-methyl/N-ethyl adjacent to an activating group) is 1. The van der Waals surface area contributed by atoms with Gasteiger partial charge in [-0.25, -0.2) is 4.98 Å². The van der Waals surface area contributed by atoms with Crippen LogP contribution in [0.2, 0.25) is 5.15 Å². The van der Waals surface area contributed by atoms with Crippen LogP contribution in [0.3, 0.4) is 0 Å². The van der Waals surface area contributed by atoms with Crippen molar-refractivity contribution in [3.05, 3.63) is 11.2 Å². The number of nitrogens with zero attached hydrogens (tertiary/aromatic N) is 3. The van der Waals surface area contributed by atoms with Gasteiger partial charge in [0.15, 0.2) is 0 Å². The molecule has 2 N–H and O–H groups in total. The fourth-order valence-electron chi connectivity index (χ4n) is 1.97. The Bertz CT molecular complexity index is 361. The van der Waals surface area contributed by atoms with E-state index in [0.29, 0.717) is 5.15 Å². The summed E-state index contributed by atoms with van der Waals surface area (Å²) < 4.78 is 5.68. The van der Waals surface area contributed by atoms with Crippen molar-refractivity contribution in [2.75, 3.05) is 30.8 Å². The lowest BCUT2D eigenvalue weighted by molar-refractivity contribution is 0.0215. The van der Waals surface area contributed by atoms with E-state index in [1.54, 1.807) is 6.07 Å². The average Bonchev–Trinajstić information content (AvgIpc) is 2.29. The van der Waals surface area contributed by atoms with Crippen molar-refractivity contribution in [2.24, 2.45) is 0 Å². The van der Waals surface area contributed by atoms with E-state index in [1.165, 1.54) is 6.42 Å². The third-order valence-electron chi connectivity index (χ3n) is 2.84. The quantitative estimate of drug-likeness (QED) is 0.835. The Morgan fingerprint density at radius 3 is 3.00 bits per heavy atom. The number of nitrogen functional groups attached to an aromatic ring is 1. The van der Waals surface area contributed by atoms with Crippen molar-refractivity contribution in [1.29, 1.82) is 0 Å². The predicted molar refractivity (Wildman–Crippen MR) is 68.3 cm³/mol. The molecular weight excluding hydrogens is 240 g/mol. The lowest BCUT2D eigenvalue weighted by Gasteiger charge is -2.28. The highest BCUT2D eigenvalue weighted by Gasteiger charge is 2.17. The van der Waals surface area contributed by atoms with Crippen molar-refractivity contribution in [3.63, 3.8) is 0 Å². The van der Waals surface area contributed by atoms with Gasteiger partial charge in [-0.1, -0.05) is 11.6 Å². The number of halogens is 1. The van der Waals surface area contributed by atoms with Gasteiger partial charge in [0.05, 0.1) is 6.10 Å². The Morgan fingerprint density at radius 1 is 1.53 bits per heavy atom. The van der Waals surface area contributed by atoms with Gasteiger partial charge in [-0.2, -0.15) is 4.98 Å². The van der Waals surface area contributed by atoms with E-state index in [1.807, 2.05) is 11.9 Å². The third-order valence-corrected chi connectivity index (χ3v) is 3.03. The van der Waals surface area contributed by atoms with E-state index in [2.05, 4.69) is 9.97 Å². The van der Waals surface area contributed by atoms with Crippen molar-refractivity contribution >= 4 is 23.4 Å². The second-order valence-electron chi connectivity index (χ2n) is 4.28. The first-order valence-corrected chi connectivity index (χ1v) is 6.16. The first-order chi connectivity index (χ1) is 8.15. The van der Waals surface area contributed by atoms with Crippen LogP contribution in [-0.2, 0) is 4.74 Å². The fraction of sp³-hybridized carbons (Fsp3) is 0.636. The highest BCUT2D eigenvalue weighted by molar-refractivity contribution is 6.29. The van der Waals surface area contributed by atoms with Crippen LogP contribution in [0.25, 0.3) is 0 Å². The minimum atomic E-state index is 0.198. The molecule has 1 unspecified atom stereocenters. The molecule has 1 fully saturated rings. The molecule has 0 amide bonds. The van der Waals surface area contributed by atoms with E-state index in [4.69, 9.17) is 22.1 Å². The highest BCUT2D eigenvalue weighted by Crippen LogP contribution is 2.19. The van der Waals surface area contributed by atoms with Gasteiger partial charge in [-0.3, -0.25) is 0 Å². The molecule has 2 heterocycles. The van der Waals surface area contributed by atoms with Gasteiger partial charge in [0.25, 0.3) is 0 Å². The van der Waals surface area contributed by atoms with Gasteiger partial charge in [-0.15, -0.1) is 0 Å². The van der Waals surface area contributed by atoms with Gasteiger partial charge >= 0.3 is 0 Å². The molecule has 1 aliphatic rings. The Morgan fingerprint density at radius 2 is 2.35 bits per heavy atom. The predicted octanol–water partition coefficient (Wildman–Crippen LogP) is 1.72. The standard InChI is InChI=1S/C11H17ClN4O/c1-16(7-8-4-2-3-5-17-8)10-6-9(12)14-11(13)15-10/h6,8H,2-5,7H2,1H3,(H2,13,14,15). The molecule has 1 atom stereocenters. The second-order valence-corrected chi connectivity index (χ2v) is 4.66. The summed E-state index contributed by atoms with van der Waals surface area (Å²) >= 11 is 5.85. The topological polar surface area (TPSA) is 64.3 Å². The molecule has 6 heteroatoms. The Labute approximate surface area is 106 Å². The summed E-state index contributed by atoms with van der Waals surface area (Å²) in [5.41, 5.74) is 5.57. The van der Waals surface area contributed by atoms with Crippen molar-refractivity contribution < 1.29 is 4.74 Å². The van der Waals surface area contributed by atoms with E-state index in [0.717, 1.165) is 31.8 Å². The minimum absolute atomic E-state index is 0.198. The molecule has 94 valence electrons. The normalized spacial score (nSPS) is 20.2.